The molecular formula is C12H23NO4S. The highest BCUT2D eigenvalue weighted by molar-refractivity contribution is 7.91. The molecule has 0 saturated carbocycles. The topological polar surface area (TPSA) is 64.6 Å². The molecule has 2 aliphatic rings. The summed E-state index contributed by atoms with van der Waals surface area (Å²) in [5.41, 5.74) is 0. The van der Waals surface area contributed by atoms with Crippen molar-refractivity contribution in [2.75, 3.05) is 44.5 Å². The Kier molecular flexibility index (Phi) is 5.41. The predicted molar refractivity (Wildman–Crippen MR) is 69.4 cm³/mol. The summed E-state index contributed by atoms with van der Waals surface area (Å²) in [7, 11) is -2.77. The van der Waals surface area contributed by atoms with Crippen LogP contribution in [0.15, 0.2) is 0 Å². The minimum absolute atomic E-state index is 0.127. The van der Waals surface area contributed by atoms with Crippen LogP contribution in [0.25, 0.3) is 0 Å². The first kappa shape index (κ1) is 14.2. The van der Waals surface area contributed by atoms with Crippen LogP contribution in [0.2, 0.25) is 0 Å². The highest BCUT2D eigenvalue weighted by Crippen LogP contribution is 2.14. The van der Waals surface area contributed by atoms with Gasteiger partial charge in [0.25, 0.3) is 0 Å². The van der Waals surface area contributed by atoms with Crippen molar-refractivity contribution < 1.29 is 17.9 Å². The van der Waals surface area contributed by atoms with E-state index in [0.717, 1.165) is 45.6 Å². The first-order valence-corrected chi connectivity index (χ1v) is 8.57. The van der Waals surface area contributed by atoms with Gasteiger partial charge in [0.05, 0.1) is 18.1 Å². The van der Waals surface area contributed by atoms with E-state index in [1.54, 1.807) is 0 Å². The van der Waals surface area contributed by atoms with Gasteiger partial charge < -0.3 is 14.8 Å². The standard InChI is InChI=1S/C12H23NO4S/c14-18(15)8-3-12(10-18)13-4-7-17-9-11-1-5-16-6-2-11/h11-13H,1-10H2. The minimum Gasteiger partial charge on any atom is -0.381 e. The van der Waals surface area contributed by atoms with Crippen LogP contribution in [0.5, 0.6) is 0 Å². The summed E-state index contributed by atoms with van der Waals surface area (Å²) >= 11 is 0. The van der Waals surface area contributed by atoms with Crippen molar-refractivity contribution in [2.45, 2.75) is 25.3 Å². The lowest BCUT2D eigenvalue weighted by Crippen LogP contribution is -2.33. The largest absolute Gasteiger partial charge is 0.381 e. The van der Waals surface area contributed by atoms with Crippen molar-refractivity contribution in [3.05, 3.63) is 0 Å². The maximum absolute atomic E-state index is 11.3. The Balaban J connectivity index is 1.49. The van der Waals surface area contributed by atoms with E-state index in [0.29, 0.717) is 18.3 Å². The molecule has 0 aromatic carbocycles. The van der Waals surface area contributed by atoms with Gasteiger partial charge in [-0.25, -0.2) is 8.42 Å². The lowest BCUT2D eigenvalue weighted by Gasteiger charge is -2.21. The van der Waals surface area contributed by atoms with Gasteiger partial charge in [-0.3, -0.25) is 0 Å². The highest BCUT2D eigenvalue weighted by atomic mass is 32.2. The Morgan fingerprint density at radius 3 is 2.67 bits per heavy atom. The molecule has 1 atom stereocenters. The molecule has 0 bridgehead atoms. The summed E-state index contributed by atoms with van der Waals surface area (Å²) in [5.74, 6) is 1.24. The fraction of sp³-hybridized carbons (Fsp3) is 1.00. The first-order chi connectivity index (χ1) is 8.66. The molecule has 0 spiro atoms. The summed E-state index contributed by atoms with van der Waals surface area (Å²) < 4.78 is 33.4. The van der Waals surface area contributed by atoms with Crippen LogP contribution in [0, 0.1) is 5.92 Å². The molecule has 2 rings (SSSR count). The molecule has 2 fully saturated rings. The zero-order valence-electron chi connectivity index (χ0n) is 10.8. The smallest absolute Gasteiger partial charge is 0.151 e. The average Bonchev–Trinajstić information content (AvgIpc) is 2.70. The predicted octanol–water partition coefficient (Wildman–Crippen LogP) is 0.206. The van der Waals surface area contributed by atoms with Gasteiger partial charge in [0.15, 0.2) is 9.84 Å². The van der Waals surface area contributed by atoms with Crippen molar-refractivity contribution >= 4 is 9.84 Å². The van der Waals surface area contributed by atoms with Crippen molar-refractivity contribution in [3.8, 4) is 0 Å². The SMILES string of the molecule is O=S1(=O)CCC(NCCOCC2CCOCC2)C1. The van der Waals surface area contributed by atoms with Crippen LogP contribution in [-0.4, -0.2) is 58.9 Å². The van der Waals surface area contributed by atoms with Gasteiger partial charge >= 0.3 is 0 Å². The van der Waals surface area contributed by atoms with Crippen LogP contribution < -0.4 is 5.32 Å². The molecule has 18 heavy (non-hydrogen) atoms. The summed E-state index contributed by atoms with van der Waals surface area (Å²) in [5, 5.41) is 3.25. The van der Waals surface area contributed by atoms with Crippen molar-refractivity contribution in [1.82, 2.24) is 5.32 Å². The van der Waals surface area contributed by atoms with E-state index in [4.69, 9.17) is 9.47 Å². The molecule has 2 aliphatic heterocycles. The van der Waals surface area contributed by atoms with Crippen molar-refractivity contribution in [2.24, 2.45) is 5.92 Å². The molecule has 1 unspecified atom stereocenters. The maximum atomic E-state index is 11.3. The van der Waals surface area contributed by atoms with Crippen molar-refractivity contribution in [3.63, 3.8) is 0 Å². The van der Waals surface area contributed by atoms with Gasteiger partial charge in [-0.05, 0) is 25.2 Å². The molecule has 0 amide bonds. The van der Waals surface area contributed by atoms with E-state index in [2.05, 4.69) is 5.32 Å². The molecular weight excluding hydrogens is 254 g/mol. The monoisotopic (exact) mass is 277 g/mol. The third-order valence-corrected chi connectivity index (χ3v) is 5.37. The Morgan fingerprint density at radius 1 is 1.22 bits per heavy atom. The quantitative estimate of drug-likeness (QED) is 0.703. The molecule has 0 aliphatic carbocycles. The van der Waals surface area contributed by atoms with Gasteiger partial charge in [-0.15, -0.1) is 0 Å². The Labute approximate surface area is 109 Å². The van der Waals surface area contributed by atoms with Gasteiger partial charge in [0.1, 0.15) is 0 Å². The first-order valence-electron chi connectivity index (χ1n) is 6.75. The maximum Gasteiger partial charge on any atom is 0.151 e. The van der Waals surface area contributed by atoms with Gasteiger partial charge in [0, 0.05) is 32.4 Å². The Morgan fingerprint density at radius 2 is 2.00 bits per heavy atom. The summed E-state index contributed by atoms with van der Waals surface area (Å²) in [4.78, 5) is 0. The molecule has 2 heterocycles. The van der Waals surface area contributed by atoms with Crippen LogP contribution in [0.1, 0.15) is 19.3 Å². The second-order valence-electron chi connectivity index (χ2n) is 5.18. The minimum atomic E-state index is -2.77. The van der Waals surface area contributed by atoms with Gasteiger partial charge in [-0.2, -0.15) is 0 Å². The number of sulfone groups is 1. The van der Waals surface area contributed by atoms with Crippen LogP contribution in [0.4, 0.5) is 0 Å². The number of rotatable bonds is 6. The third-order valence-electron chi connectivity index (χ3n) is 3.61. The van der Waals surface area contributed by atoms with Crippen LogP contribution in [0.3, 0.4) is 0 Å². The van der Waals surface area contributed by atoms with Crippen LogP contribution in [-0.2, 0) is 19.3 Å². The lowest BCUT2D eigenvalue weighted by molar-refractivity contribution is 0.0211. The summed E-state index contributed by atoms with van der Waals surface area (Å²) in [6.45, 7) is 3.91. The lowest BCUT2D eigenvalue weighted by atomic mass is 10.0. The van der Waals surface area contributed by atoms with E-state index < -0.39 is 9.84 Å². The number of hydrogen-bond acceptors (Lipinski definition) is 5. The fourth-order valence-corrected chi connectivity index (χ4v) is 4.16. The number of nitrogens with one attached hydrogen (secondary N) is 1. The van der Waals surface area contributed by atoms with E-state index in [9.17, 15) is 8.42 Å². The number of hydrogen-bond donors (Lipinski definition) is 1. The van der Waals surface area contributed by atoms with E-state index in [1.807, 2.05) is 0 Å². The van der Waals surface area contributed by atoms with Gasteiger partial charge in [-0.1, -0.05) is 0 Å². The normalized spacial score (nSPS) is 28.6. The molecule has 0 aromatic rings. The third kappa shape index (κ3) is 4.84. The molecule has 0 aromatic heterocycles. The second-order valence-corrected chi connectivity index (χ2v) is 7.41. The van der Waals surface area contributed by atoms with E-state index in [1.165, 1.54) is 0 Å². The van der Waals surface area contributed by atoms with Crippen LogP contribution >= 0.6 is 0 Å². The zero-order chi connectivity index (χ0) is 12.8. The van der Waals surface area contributed by atoms with Crippen molar-refractivity contribution in [1.29, 1.82) is 0 Å². The Bertz CT molecular complexity index is 338. The zero-order valence-corrected chi connectivity index (χ0v) is 11.6. The van der Waals surface area contributed by atoms with E-state index >= 15 is 0 Å². The molecule has 2 saturated heterocycles. The molecule has 0 radical (unpaired) electrons. The number of ether oxygens (including phenoxy) is 2. The van der Waals surface area contributed by atoms with E-state index in [-0.39, 0.29) is 11.8 Å². The summed E-state index contributed by atoms with van der Waals surface area (Å²) in [6, 6.07) is 0.127. The molecule has 6 heteroatoms. The Hall–Kier alpha value is -0.170. The molecule has 106 valence electrons. The molecule has 1 N–H and O–H groups in total. The highest BCUT2D eigenvalue weighted by Gasteiger charge is 2.27. The summed E-state index contributed by atoms with van der Waals surface area (Å²) in [6.07, 6.45) is 2.92. The molecule has 5 nitrogen and oxygen atoms in total. The van der Waals surface area contributed by atoms with Gasteiger partial charge in [0.2, 0.25) is 0 Å². The average molecular weight is 277 g/mol. The second kappa shape index (κ2) is 6.84. The fourth-order valence-electron chi connectivity index (χ4n) is 2.45.